The molecule has 0 fully saturated rings. The van der Waals surface area contributed by atoms with Crippen LogP contribution < -0.4 is 5.73 Å². The Bertz CT molecular complexity index is 767. The van der Waals surface area contributed by atoms with Gasteiger partial charge in [0.2, 0.25) is 0 Å². The fraction of sp³-hybridized carbons (Fsp3) is 0. The van der Waals surface area contributed by atoms with Gasteiger partial charge in [0.25, 0.3) is 0 Å². The van der Waals surface area contributed by atoms with Gasteiger partial charge >= 0.3 is 0 Å². The Morgan fingerprint density at radius 2 is 1.90 bits per heavy atom. The van der Waals surface area contributed by atoms with Gasteiger partial charge in [-0.2, -0.15) is 0 Å². The quantitative estimate of drug-likeness (QED) is 0.714. The van der Waals surface area contributed by atoms with Gasteiger partial charge in [-0.05, 0) is 40.2 Å². The Labute approximate surface area is 132 Å². The number of nitrogens with two attached hydrogens (primary N) is 1. The molecule has 0 unspecified atom stereocenters. The van der Waals surface area contributed by atoms with E-state index in [1.54, 1.807) is 31.0 Å². The Kier molecular flexibility index (Phi) is 3.58. The van der Waals surface area contributed by atoms with Gasteiger partial charge in [-0.1, -0.05) is 15.9 Å². The van der Waals surface area contributed by atoms with E-state index in [1.807, 2.05) is 22.8 Å². The highest BCUT2D eigenvalue weighted by Crippen LogP contribution is 2.31. The second-order valence-corrected chi connectivity index (χ2v) is 5.98. The lowest BCUT2D eigenvalue weighted by Gasteiger charge is -2.11. The standard InChI is InChI=1S/C14H10Br2N4/c15-9-1-2-11(16)13(5-9)20-8-19-7-14(20)10-6-18-4-3-12(10)17/h1-8H,(H2,17,18). The number of aromatic nitrogens is 3. The van der Waals surface area contributed by atoms with Crippen molar-refractivity contribution < 1.29 is 0 Å². The molecule has 0 aliphatic carbocycles. The van der Waals surface area contributed by atoms with Gasteiger partial charge < -0.3 is 5.73 Å². The molecule has 2 aromatic heterocycles. The first kappa shape index (κ1) is 13.3. The topological polar surface area (TPSA) is 56.7 Å². The second kappa shape index (κ2) is 5.38. The summed E-state index contributed by atoms with van der Waals surface area (Å²) in [4.78, 5) is 8.36. The number of imidazole rings is 1. The van der Waals surface area contributed by atoms with E-state index >= 15 is 0 Å². The number of anilines is 1. The highest BCUT2D eigenvalue weighted by molar-refractivity contribution is 9.11. The zero-order valence-electron chi connectivity index (χ0n) is 10.3. The summed E-state index contributed by atoms with van der Waals surface area (Å²) in [6, 6.07) is 7.75. The lowest BCUT2D eigenvalue weighted by atomic mass is 10.2. The minimum absolute atomic E-state index is 0.674. The molecule has 20 heavy (non-hydrogen) atoms. The van der Waals surface area contributed by atoms with Crippen molar-refractivity contribution in [3.8, 4) is 16.9 Å². The maximum Gasteiger partial charge on any atom is 0.0997 e. The van der Waals surface area contributed by atoms with Crippen molar-refractivity contribution in [2.75, 3.05) is 5.73 Å². The van der Waals surface area contributed by atoms with Crippen molar-refractivity contribution in [1.29, 1.82) is 0 Å². The van der Waals surface area contributed by atoms with Gasteiger partial charge in [0.1, 0.15) is 0 Å². The zero-order chi connectivity index (χ0) is 14.1. The van der Waals surface area contributed by atoms with Crippen LogP contribution in [0.3, 0.4) is 0 Å². The summed E-state index contributed by atoms with van der Waals surface area (Å²) < 4.78 is 3.94. The highest BCUT2D eigenvalue weighted by Gasteiger charge is 2.12. The number of hydrogen-bond donors (Lipinski definition) is 1. The molecule has 0 atom stereocenters. The number of benzene rings is 1. The number of halogens is 2. The summed E-state index contributed by atoms with van der Waals surface area (Å²) in [5.41, 5.74) is 9.44. The van der Waals surface area contributed by atoms with Gasteiger partial charge in [0, 0.05) is 32.6 Å². The molecule has 0 amide bonds. The van der Waals surface area contributed by atoms with Crippen LogP contribution in [0.15, 0.2) is 58.1 Å². The summed E-state index contributed by atoms with van der Waals surface area (Å²) in [7, 11) is 0. The molecule has 0 saturated carbocycles. The fourth-order valence-corrected chi connectivity index (χ4v) is 2.76. The van der Waals surface area contributed by atoms with Gasteiger partial charge in [-0.15, -0.1) is 0 Å². The van der Waals surface area contributed by atoms with E-state index < -0.39 is 0 Å². The summed E-state index contributed by atoms with van der Waals surface area (Å²) in [6.07, 6.45) is 6.96. The minimum Gasteiger partial charge on any atom is -0.398 e. The van der Waals surface area contributed by atoms with E-state index in [2.05, 4.69) is 41.8 Å². The first-order chi connectivity index (χ1) is 9.66. The maximum absolute atomic E-state index is 6.02. The lowest BCUT2D eigenvalue weighted by Crippen LogP contribution is -1.99. The number of hydrogen-bond acceptors (Lipinski definition) is 3. The average molecular weight is 394 g/mol. The number of nitrogen functional groups attached to an aromatic ring is 1. The summed E-state index contributed by atoms with van der Waals surface area (Å²) in [6.45, 7) is 0. The van der Waals surface area contributed by atoms with Gasteiger partial charge in [-0.25, -0.2) is 4.98 Å². The smallest absolute Gasteiger partial charge is 0.0997 e. The monoisotopic (exact) mass is 392 g/mol. The number of rotatable bonds is 2. The van der Waals surface area contributed by atoms with Crippen LogP contribution in [0.5, 0.6) is 0 Å². The van der Waals surface area contributed by atoms with Crippen molar-refractivity contribution >= 4 is 37.5 Å². The number of pyridine rings is 1. The second-order valence-electron chi connectivity index (χ2n) is 4.21. The van der Waals surface area contributed by atoms with Crippen LogP contribution in [0.4, 0.5) is 5.69 Å². The van der Waals surface area contributed by atoms with Crippen molar-refractivity contribution in [3.63, 3.8) is 0 Å². The van der Waals surface area contributed by atoms with Crippen LogP contribution in [-0.2, 0) is 0 Å². The molecule has 2 heterocycles. The molecule has 0 aliphatic rings. The molecular formula is C14H10Br2N4. The zero-order valence-corrected chi connectivity index (χ0v) is 13.5. The Balaban J connectivity index is 2.21. The van der Waals surface area contributed by atoms with Crippen LogP contribution in [0, 0.1) is 0 Å². The van der Waals surface area contributed by atoms with Gasteiger partial charge in [0.15, 0.2) is 0 Å². The first-order valence-electron chi connectivity index (χ1n) is 5.84. The van der Waals surface area contributed by atoms with Crippen LogP contribution in [-0.4, -0.2) is 14.5 Å². The first-order valence-corrected chi connectivity index (χ1v) is 7.43. The molecule has 4 nitrogen and oxygen atoms in total. The molecule has 1 aromatic carbocycles. The van der Waals surface area contributed by atoms with Gasteiger partial charge in [-0.3, -0.25) is 9.55 Å². The van der Waals surface area contributed by atoms with E-state index in [0.717, 1.165) is 25.9 Å². The average Bonchev–Trinajstić information content (AvgIpc) is 2.91. The molecule has 0 spiro atoms. The van der Waals surface area contributed by atoms with Crippen LogP contribution in [0.25, 0.3) is 16.9 Å². The third kappa shape index (κ3) is 2.36. The molecule has 0 bridgehead atoms. The van der Waals surface area contributed by atoms with Crippen molar-refractivity contribution in [2.45, 2.75) is 0 Å². The molecule has 6 heteroatoms. The molecule has 0 radical (unpaired) electrons. The molecule has 3 aromatic rings. The molecule has 3 rings (SSSR count). The van der Waals surface area contributed by atoms with Crippen LogP contribution in [0.2, 0.25) is 0 Å². The summed E-state index contributed by atoms with van der Waals surface area (Å²) in [5.74, 6) is 0. The highest BCUT2D eigenvalue weighted by atomic mass is 79.9. The normalized spacial score (nSPS) is 10.7. The van der Waals surface area contributed by atoms with Gasteiger partial charge in [0.05, 0.1) is 23.9 Å². The molecular weight excluding hydrogens is 384 g/mol. The van der Waals surface area contributed by atoms with Crippen molar-refractivity contribution in [3.05, 3.63) is 58.1 Å². The van der Waals surface area contributed by atoms with Crippen LogP contribution >= 0.6 is 31.9 Å². The van der Waals surface area contributed by atoms with Crippen molar-refractivity contribution in [2.24, 2.45) is 0 Å². The molecule has 0 aliphatic heterocycles. The predicted molar refractivity (Wildman–Crippen MR) is 86.6 cm³/mol. The number of nitrogens with zero attached hydrogens (tertiary/aromatic N) is 3. The molecule has 2 N–H and O–H groups in total. The van der Waals surface area contributed by atoms with Crippen LogP contribution in [0.1, 0.15) is 0 Å². The third-order valence-electron chi connectivity index (χ3n) is 2.94. The van der Waals surface area contributed by atoms with E-state index in [4.69, 9.17) is 5.73 Å². The molecule has 0 saturated heterocycles. The minimum atomic E-state index is 0.674. The van der Waals surface area contributed by atoms with E-state index in [-0.39, 0.29) is 0 Å². The van der Waals surface area contributed by atoms with Crippen molar-refractivity contribution in [1.82, 2.24) is 14.5 Å². The van der Waals surface area contributed by atoms with E-state index in [9.17, 15) is 0 Å². The maximum atomic E-state index is 6.02. The third-order valence-corrected chi connectivity index (χ3v) is 4.10. The van der Waals surface area contributed by atoms with E-state index in [1.165, 1.54) is 0 Å². The summed E-state index contributed by atoms with van der Waals surface area (Å²) >= 11 is 7.05. The Morgan fingerprint density at radius 1 is 1.05 bits per heavy atom. The fourth-order valence-electron chi connectivity index (χ4n) is 1.98. The Morgan fingerprint density at radius 3 is 2.70 bits per heavy atom. The summed E-state index contributed by atoms with van der Waals surface area (Å²) in [5, 5.41) is 0. The van der Waals surface area contributed by atoms with E-state index in [0.29, 0.717) is 5.69 Å². The molecule has 100 valence electrons. The SMILES string of the molecule is Nc1ccncc1-c1cncn1-c1cc(Br)ccc1Br. The predicted octanol–water partition coefficient (Wildman–Crippen LogP) is 4.04. The lowest BCUT2D eigenvalue weighted by molar-refractivity contribution is 1.05. The largest absolute Gasteiger partial charge is 0.398 e. The Hall–Kier alpha value is -1.66.